The summed E-state index contributed by atoms with van der Waals surface area (Å²) in [5, 5.41) is 0. The molecule has 0 aliphatic carbocycles. The lowest BCUT2D eigenvalue weighted by Crippen LogP contribution is -1.92. The Morgan fingerprint density at radius 1 is 1.00 bits per heavy atom. The Balaban J connectivity index is 2.52. The van der Waals surface area contributed by atoms with E-state index in [0.717, 1.165) is 11.5 Å². The Hall–Kier alpha value is -0.0200. The van der Waals surface area contributed by atoms with E-state index in [1.165, 1.54) is 21.3 Å². The largest absolute Gasteiger partial charge is 0.464 e. The third-order valence-corrected chi connectivity index (χ3v) is 4.49. The zero-order valence-corrected chi connectivity index (χ0v) is 8.27. The zero-order chi connectivity index (χ0) is 7.84. The molecule has 0 saturated carbocycles. The topological polar surface area (TPSA) is 13.1 Å². The number of rotatable bonds is 0. The van der Waals surface area contributed by atoms with Crippen LogP contribution >= 0.6 is 23.5 Å². The fourth-order valence-corrected chi connectivity index (χ4v) is 3.73. The summed E-state index contributed by atoms with van der Waals surface area (Å²) in [7, 11) is 0. The summed E-state index contributed by atoms with van der Waals surface area (Å²) in [5.74, 6) is 4.62. The molecule has 1 aromatic heterocycles. The van der Waals surface area contributed by atoms with Gasteiger partial charge in [0.05, 0.1) is 9.79 Å². The minimum Gasteiger partial charge on any atom is -0.464 e. The van der Waals surface area contributed by atoms with Crippen LogP contribution in [0.3, 0.4) is 0 Å². The summed E-state index contributed by atoms with van der Waals surface area (Å²) < 4.78 is 5.53. The van der Waals surface area contributed by atoms with Gasteiger partial charge in [-0.05, 0) is 13.8 Å². The zero-order valence-electron chi connectivity index (χ0n) is 6.64. The molecule has 0 amide bonds. The van der Waals surface area contributed by atoms with Crippen LogP contribution < -0.4 is 0 Å². The van der Waals surface area contributed by atoms with Crippen LogP contribution in [0.1, 0.15) is 11.5 Å². The molecule has 2 rings (SSSR count). The molecule has 0 spiro atoms. The molecule has 0 saturated heterocycles. The summed E-state index contributed by atoms with van der Waals surface area (Å²) in [5.41, 5.74) is 0. The molecule has 1 aliphatic heterocycles. The number of aryl methyl sites for hydroxylation is 2. The molecule has 2 heterocycles. The molecule has 0 bridgehead atoms. The standard InChI is InChI=1S/C8H10OS2/c1-5-7-8(6(2)9-5)11-4-3-10-7/h3-4H2,1-2H3. The van der Waals surface area contributed by atoms with E-state index in [1.807, 2.05) is 37.4 Å². The molecule has 0 radical (unpaired) electrons. The second-order valence-electron chi connectivity index (χ2n) is 2.57. The van der Waals surface area contributed by atoms with Crippen LogP contribution in [0.5, 0.6) is 0 Å². The maximum Gasteiger partial charge on any atom is 0.115 e. The molecular weight excluding hydrogens is 176 g/mol. The minimum atomic E-state index is 1.09. The van der Waals surface area contributed by atoms with Crippen LogP contribution in [0.25, 0.3) is 0 Å². The Morgan fingerprint density at radius 3 is 1.91 bits per heavy atom. The molecule has 1 nitrogen and oxygen atoms in total. The van der Waals surface area contributed by atoms with E-state index in [-0.39, 0.29) is 0 Å². The first-order chi connectivity index (χ1) is 5.29. The Bertz CT molecular complexity index is 251. The van der Waals surface area contributed by atoms with Crippen molar-refractivity contribution in [3.05, 3.63) is 11.5 Å². The molecule has 0 N–H and O–H groups in total. The van der Waals surface area contributed by atoms with Gasteiger partial charge < -0.3 is 4.42 Å². The Kier molecular flexibility index (Phi) is 1.93. The SMILES string of the molecule is Cc1oc(C)c2c1SCCS2. The first-order valence-electron chi connectivity index (χ1n) is 3.64. The van der Waals surface area contributed by atoms with Crippen molar-refractivity contribution in [3.63, 3.8) is 0 Å². The van der Waals surface area contributed by atoms with Gasteiger partial charge in [0.2, 0.25) is 0 Å². The first kappa shape index (κ1) is 7.62. The smallest absolute Gasteiger partial charge is 0.115 e. The predicted octanol–water partition coefficient (Wildman–Crippen LogP) is 3.09. The Morgan fingerprint density at radius 2 is 1.45 bits per heavy atom. The van der Waals surface area contributed by atoms with Crippen LogP contribution in [0.4, 0.5) is 0 Å². The second kappa shape index (κ2) is 2.79. The lowest BCUT2D eigenvalue weighted by Gasteiger charge is -2.09. The molecule has 1 aromatic rings. The molecule has 0 fully saturated rings. The van der Waals surface area contributed by atoms with E-state index < -0.39 is 0 Å². The second-order valence-corrected chi connectivity index (χ2v) is 4.78. The summed E-state index contributed by atoms with van der Waals surface area (Å²) in [6.45, 7) is 4.09. The summed E-state index contributed by atoms with van der Waals surface area (Å²) >= 11 is 3.84. The van der Waals surface area contributed by atoms with Crippen molar-refractivity contribution in [2.24, 2.45) is 0 Å². The van der Waals surface area contributed by atoms with E-state index >= 15 is 0 Å². The number of furan rings is 1. The highest BCUT2D eigenvalue weighted by Crippen LogP contribution is 2.42. The van der Waals surface area contributed by atoms with Crippen molar-refractivity contribution in [1.82, 2.24) is 0 Å². The maximum absolute atomic E-state index is 5.53. The molecular formula is C8H10OS2. The van der Waals surface area contributed by atoms with Crippen LogP contribution in [-0.4, -0.2) is 11.5 Å². The van der Waals surface area contributed by atoms with E-state index in [0.29, 0.717) is 0 Å². The average molecular weight is 186 g/mol. The lowest BCUT2D eigenvalue weighted by atomic mass is 10.4. The van der Waals surface area contributed by atoms with Gasteiger partial charge in [0, 0.05) is 11.5 Å². The summed E-state index contributed by atoms with van der Waals surface area (Å²) in [4.78, 5) is 2.75. The molecule has 11 heavy (non-hydrogen) atoms. The van der Waals surface area contributed by atoms with Crippen LogP contribution in [0.15, 0.2) is 14.2 Å². The van der Waals surface area contributed by atoms with E-state index in [4.69, 9.17) is 4.42 Å². The van der Waals surface area contributed by atoms with Crippen molar-refractivity contribution in [2.45, 2.75) is 23.6 Å². The average Bonchev–Trinajstić information content (AvgIpc) is 2.30. The fourth-order valence-electron chi connectivity index (χ4n) is 1.26. The predicted molar refractivity (Wildman–Crippen MR) is 49.6 cm³/mol. The first-order valence-corrected chi connectivity index (χ1v) is 5.62. The number of hydrogen-bond donors (Lipinski definition) is 0. The van der Waals surface area contributed by atoms with Gasteiger partial charge in [-0.15, -0.1) is 23.5 Å². The van der Waals surface area contributed by atoms with E-state index in [2.05, 4.69) is 0 Å². The van der Waals surface area contributed by atoms with Gasteiger partial charge in [-0.1, -0.05) is 0 Å². The van der Waals surface area contributed by atoms with Crippen LogP contribution in [-0.2, 0) is 0 Å². The van der Waals surface area contributed by atoms with Crippen molar-refractivity contribution in [3.8, 4) is 0 Å². The third kappa shape index (κ3) is 1.20. The highest BCUT2D eigenvalue weighted by molar-refractivity contribution is 8.05. The molecule has 0 atom stereocenters. The number of thioether (sulfide) groups is 2. The van der Waals surface area contributed by atoms with Crippen LogP contribution in [0, 0.1) is 13.8 Å². The van der Waals surface area contributed by atoms with Gasteiger partial charge in [0.1, 0.15) is 11.5 Å². The normalized spacial score (nSPS) is 16.5. The third-order valence-electron chi connectivity index (χ3n) is 1.73. The van der Waals surface area contributed by atoms with Crippen molar-refractivity contribution in [2.75, 3.05) is 11.5 Å². The van der Waals surface area contributed by atoms with Gasteiger partial charge in [-0.2, -0.15) is 0 Å². The van der Waals surface area contributed by atoms with Gasteiger partial charge >= 0.3 is 0 Å². The van der Waals surface area contributed by atoms with E-state index in [9.17, 15) is 0 Å². The Labute approximate surface area is 74.9 Å². The highest BCUT2D eigenvalue weighted by atomic mass is 32.2. The van der Waals surface area contributed by atoms with Crippen molar-refractivity contribution in [1.29, 1.82) is 0 Å². The molecule has 3 heteroatoms. The molecule has 1 aliphatic rings. The van der Waals surface area contributed by atoms with Gasteiger partial charge in [0.25, 0.3) is 0 Å². The van der Waals surface area contributed by atoms with Crippen LogP contribution in [0.2, 0.25) is 0 Å². The summed E-state index contributed by atoms with van der Waals surface area (Å²) in [6.07, 6.45) is 0. The van der Waals surface area contributed by atoms with Crippen molar-refractivity contribution < 1.29 is 4.42 Å². The molecule has 0 unspecified atom stereocenters. The van der Waals surface area contributed by atoms with Gasteiger partial charge in [-0.3, -0.25) is 0 Å². The van der Waals surface area contributed by atoms with E-state index in [1.54, 1.807) is 0 Å². The highest BCUT2D eigenvalue weighted by Gasteiger charge is 2.18. The molecule has 60 valence electrons. The molecule has 0 aromatic carbocycles. The maximum atomic E-state index is 5.53. The monoisotopic (exact) mass is 186 g/mol. The number of hydrogen-bond acceptors (Lipinski definition) is 3. The van der Waals surface area contributed by atoms with Crippen molar-refractivity contribution >= 4 is 23.5 Å². The van der Waals surface area contributed by atoms with Gasteiger partial charge in [0.15, 0.2) is 0 Å². The fraction of sp³-hybridized carbons (Fsp3) is 0.500. The number of fused-ring (bicyclic) bond motifs is 1. The minimum absolute atomic E-state index is 1.09. The quantitative estimate of drug-likeness (QED) is 0.618. The van der Waals surface area contributed by atoms with Gasteiger partial charge in [-0.25, -0.2) is 0 Å². The lowest BCUT2D eigenvalue weighted by molar-refractivity contribution is 0.494. The summed E-state index contributed by atoms with van der Waals surface area (Å²) in [6, 6.07) is 0.